The molecule has 0 N–H and O–H groups in total. The summed E-state index contributed by atoms with van der Waals surface area (Å²) in [6.45, 7) is 0.965. The average Bonchev–Trinajstić information content (AvgIpc) is 2.67. The van der Waals surface area contributed by atoms with E-state index >= 15 is 0 Å². The Balaban J connectivity index is 1.77. The highest BCUT2D eigenvalue weighted by Gasteiger charge is 2.31. The lowest BCUT2D eigenvalue weighted by Gasteiger charge is -2.33. The number of halogens is 4. The normalized spacial score (nSPS) is 17.7. The predicted octanol–water partition coefficient (Wildman–Crippen LogP) is 4.69. The molecule has 27 heavy (non-hydrogen) atoms. The van der Waals surface area contributed by atoms with Crippen molar-refractivity contribution in [3.8, 4) is 5.75 Å². The van der Waals surface area contributed by atoms with Gasteiger partial charge in [-0.1, -0.05) is 12.1 Å². The van der Waals surface area contributed by atoms with Crippen LogP contribution >= 0.6 is 15.9 Å². The maximum atomic E-state index is 12.9. The highest BCUT2D eigenvalue weighted by molar-refractivity contribution is 9.10. The van der Waals surface area contributed by atoms with Crippen LogP contribution in [-0.4, -0.2) is 37.6 Å². The van der Waals surface area contributed by atoms with E-state index in [9.17, 15) is 18.0 Å². The minimum atomic E-state index is -4.38. The van der Waals surface area contributed by atoms with Crippen molar-refractivity contribution in [2.24, 2.45) is 0 Å². The van der Waals surface area contributed by atoms with E-state index in [1.807, 2.05) is 0 Å². The molecular weight excluding hydrogens is 427 g/mol. The van der Waals surface area contributed by atoms with Crippen molar-refractivity contribution >= 4 is 21.8 Å². The summed E-state index contributed by atoms with van der Waals surface area (Å²) < 4.78 is 49.6. The molecule has 1 unspecified atom stereocenters. The molecule has 0 spiro atoms. The first kappa shape index (κ1) is 19.7. The minimum Gasteiger partial charge on any atom is -0.497 e. The lowest BCUT2D eigenvalue weighted by molar-refractivity contribution is -0.137. The zero-order valence-corrected chi connectivity index (χ0v) is 16.0. The number of amides is 1. The Morgan fingerprint density at radius 3 is 2.56 bits per heavy atom. The number of benzene rings is 2. The Labute approximate surface area is 163 Å². The first-order valence-electron chi connectivity index (χ1n) is 8.21. The Morgan fingerprint density at radius 2 is 1.93 bits per heavy atom. The molecule has 1 atom stereocenters. The number of alkyl halides is 3. The van der Waals surface area contributed by atoms with Gasteiger partial charge >= 0.3 is 6.18 Å². The molecule has 1 aliphatic heterocycles. The van der Waals surface area contributed by atoms with Crippen LogP contribution in [0.2, 0.25) is 0 Å². The fourth-order valence-corrected chi connectivity index (χ4v) is 3.30. The molecule has 1 fully saturated rings. The van der Waals surface area contributed by atoms with Gasteiger partial charge in [-0.05, 0) is 51.8 Å². The van der Waals surface area contributed by atoms with Gasteiger partial charge in [0, 0.05) is 11.0 Å². The van der Waals surface area contributed by atoms with Gasteiger partial charge in [0.2, 0.25) is 0 Å². The number of carbonyl (C=O) groups is 1. The summed E-state index contributed by atoms with van der Waals surface area (Å²) >= 11 is 3.37. The zero-order chi connectivity index (χ0) is 19.6. The van der Waals surface area contributed by atoms with Crippen LogP contribution in [0.5, 0.6) is 5.75 Å². The lowest BCUT2D eigenvalue weighted by Crippen LogP contribution is -2.42. The van der Waals surface area contributed by atoms with Crippen molar-refractivity contribution in [1.29, 1.82) is 0 Å². The third kappa shape index (κ3) is 4.44. The minimum absolute atomic E-state index is 0.194. The van der Waals surface area contributed by atoms with E-state index in [0.717, 1.165) is 12.1 Å². The second-order valence-corrected chi connectivity index (χ2v) is 6.93. The van der Waals surface area contributed by atoms with E-state index in [1.165, 1.54) is 19.2 Å². The van der Waals surface area contributed by atoms with E-state index in [2.05, 4.69) is 15.9 Å². The number of ether oxygens (including phenoxy) is 2. The molecule has 0 radical (unpaired) electrons. The average molecular weight is 444 g/mol. The molecule has 4 nitrogen and oxygen atoms in total. The molecule has 3 rings (SSSR count). The van der Waals surface area contributed by atoms with Crippen molar-refractivity contribution in [1.82, 2.24) is 4.90 Å². The van der Waals surface area contributed by atoms with E-state index in [0.29, 0.717) is 34.5 Å². The summed E-state index contributed by atoms with van der Waals surface area (Å²) in [7, 11) is 1.52. The molecule has 144 valence electrons. The molecule has 0 saturated carbocycles. The molecule has 0 aromatic heterocycles. The van der Waals surface area contributed by atoms with E-state index in [-0.39, 0.29) is 12.5 Å². The van der Waals surface area contributed by atoms with Crippen molar-refractivity contribution < 1.29 is 27.4 Å². The Bertz CT molecular complexity index is 824. The van der Waals surface area contributed by atoms with Gasteiger partial charge in [0.05, 0.1) is 31.4 Å². The van der Waals surface area contributed by atoms with Crippen LogP contribution in [-0.2, 0) is 10.9 Å². The van der Waals surface area contributed by atoms with Gasteiger partial charge in [-0.3, -0.25) is 4.79 Å². The van der Waals surface area contributed by atoms with Crippen molar-refractivity contribution in [3.05, 3.63) is 63.6 Å². The van der Waals surface area contributed by atoms with Crippen molar-refractivity contribution in [3.63, 3.8) is 0 Å². The van der Waals surface area contributed by atoms with Crippen molar-refractivity contribution in [2.75, 3.05) is 26.8 Å². The summed E-state index contributed by atoms with van der Waals surface area (Å²) in [4.78, 5) is 14.5. The number of methoxy groups -OCH3 is 1. The van der Waals surface area contributed by atoms with Crippen LogP contribution in [0.1, 0.15) is 27.6 Å². The molecule has 2 aromatic carbocycles. The standard InChI is InChI=1S/C19H17BrF3NO3/c1-26-14-6-7-16(20)15(10-14)18(25)24-8-9-27-17(11-24)12-2-4-13(5-3-12)19(21,22)23/h2-7,10,17H,8-9,11H2,1H3. The Morgan fingerprint density at radius 1 is 1.22 bits per heavy atom. The first-order chi connectivity index (χ1) is 12.8. The summed E-state index contributed by atoms with van der Waals surface area (Å²) in [5, 5.41) is 0. The number of hydrogen-bond donors (Lipinski definition) is 0. The quantitative estimate of drug-likeness (QED) is 0.690. The molecule has 1 amide bonds. The summed E-state index contributed by atoms with van der Waals surface area (Å²) in [5.41, 5.74) is 0.350. The second kappa shape index (κ2) is 7.90. The van der Waals surface area contributed by atoms with Crippen LogP contribution in [0.3, 0.4) is 0 Å². The van der Waals surface area contributed by atoms with E-state index < -0.39 is 17.8 Å². The SMILES string of the molecule is COc1ccc(Br)c(C(=O)N2CCOC(c3ccc(C(F)(F)F)cc3)C2)c1. The smallest absolute Gasteiger partial charge is 0.416 e. The predicted molar refractivity (Wildman–Crippen MR) is 96.7 cm³/mol. The van der Waals surface area contributed by atoms with Gasteiger partial charge in [0.1, 0.15) is 11.9 Å². The number of hydrogen-bond acceptors (Lipinski definition) is 3. The molecule has 1 heterocycles. The van der Waals surface area contributed by atoms with Gasteiger partial charge in [0.25, 0.3) is 5.91 Å². The van der Waals surface area contributed by atoms with Crippen LogP contribution in [0.15, 0.2) is 46.9 Å². The zero-order valence-electron chi connectivity index (χ0n) is 14.4. The highest BCUT2D eigenvalue weighted by atomic mass is 79.9. The monoisotopic (exact) mass is 443 g/mol. The lowest BCUT2D eigenvalue weighted by atomic mass is 10.0. The van der Waals surface area contributed by atoms with Crippen molar-refractivity contribution in [2.45, 2.75) is 12.3 Å². The van der Waals surface area contributed by atoms with E-state index in [4.69, 9.17) is 9.47 Å². The molecule has 0 aliphatic carbocycles. The fourth-order valence-electron chi connectivity index (χ4n) is 2.89. The Kier molecular flexibility index (Phi) is 5.76. The van der Waals surface area contributed by atoms with Gasteiger partial charge < -0.3 is 14.4 Å². The van der Waals surface area contributed by atoms with Gasteiger partial charge in [-0.15, -0.1) is 0 Å². The second-order valence-electron chi connectivity index (χ2n) is 6.08. The molecule has 1 saturated heterocycles. The number of rotatable bonds is 3. The molecule has 2 aromatic rings. The summed E-state index contributed by atoms with van der Waals surface area (Å²) in [6.07, 6.45) is -4.86. The van der Waals surface area contributed by atoms with Crippen LogP contribution in [0.25, 0.3) is 0 Å². The molecule has 8 heteroatoms. The largest absolute Gasteiger partial charge is 0.497 e. The summed E-state index contributed by atoms with van der Waals surface area (Å²) in [6, 6.07) is 9.96. The first-order valence-corrected chi connectivity index (χ1v) is 9.00. The van der Waals surface area contributed by atoms with E-state index in [1.54, 1.807) is 23.1 Å². The fraction of sp³-hybridized carbons (Fsp3) is 0.316. The summed E-state index contributed by atoms with van der Waals surface area (Å²) in [5.74, 6) is 0.370. The third-order valence-electron chi connectivity index (χ3n) is 4.37. The number of carbonyl (C=O) groups excluding carboxylic acids is 1. The maximum Gasteiger partial charge on any atom is 0.416 e. The number of morpholine rings is 1. The van der Waals surface area contributed by atoms with Gasteiger partial charge in [-0.25, -0.2) is 0 Å². The highest BCUT2D eigenvalue weighted by Crippen LogP contribution is 2.32. The van der Waals surface area contributed by atoms with Gasteiger partial charge in [-0.2, -0.15) is 13.2 Å². The molecule has 1 aliphatic rings. The van der Waals surface area contributed by atoms with Crippen LogP contribution in [0.4, 0.5) is 13.2 Å². The van der Waals surface area contributed by atoms with Crippen LogP contribution < -0.4 is 4.74 Å². The Hall–Kier alpha value is -2.06. The maximum absolute atomic E-state index is 12.9. The molecule has 0 bridgehead atoms. The van der Waals surface area contributed by atoms with Gasteiger partial charge in [0.15, 0.2) is 0 Å². The molecular formula is C19H17BrF3NO3. The third-order valence-corrected chi connectivity index (χ3v) is 5.06. The number of nitrogens with zero attached hydrogens (tertiary/aromatic N) is 1. The topological polar surface area (TPSA) is 38.8 Å². The van der Waals surface area contributed by atoms with Crippen LogP contribution in [0, 0.1) is 0 Å².